The molecule has 1 aromatic heterocycles. The second-order valence-corrected chi connectivity index (χ2v) is 5.03. The zero-order valence-corrected chi connectivity index (χ0v) is 12.0. The van der Waals surface area contributed by atoms with E-state index in [-0.39, 0.29) is 5.56 Å². The van der Waals surface area contributed by atoms with Gasteiger partial charge in [-0.3, -0.25) is 4.57 Å². The van der Waals surface area contributed by atoms with E-state index in [0.717, 1.165) is 17.9 Å². The third-order valence-corrected chi connectivity index (χ3v) is 3.58. The Hall–Kier alpha value is -2.62. The molecule has 0 aliphatic heterocycles. The van der Waals surface area contributed by atoms with Crippen LogP contribution < -0.4 is 0 Å². The summed E-state index contributed by atoms with van der Waals surface area (Å²) >= 11 is 0. The van der Waals surface area contributed by atoms with Crippen molar-refractivity contribution in [2.45, 2.75) is 20.3 Å². The standard InChI is InChI=1S/C17H16N2O2/c1-3-15-18-14-6-4-5-13(17(20)21)16(14)19(15)12-9-7-11(2)8-10-12/h4-10H,3H2,1-2H3,(H,20,21). The largest absolute Gasteiger partial charge is 0.478 e. The number of imidazole rings is 1. The summed E-state index contributed by atoms with van der Waals surface area (Å²) in [6, 6.07) is 13.2. The predicted molar refractivity (Wildman–Crippen MR) is 82.1 cm³/mol. The molecule has 1 N–H and O–H groups in total. The second kappa shape index (κ2) is 5.05. The van der Waals surface area contributed by atoms with Crippen molar-refractivity contribution in [3.05, 3.63) is 59.4 Å². The second-order valence-electron chi connectivity index (χ2n) is 5.03. The van der Waals surface area contributed by atoms with Crippen LogP contribution in [0.2, 0.25) is 0 Å². The summed E-state index contributed by atoms with van der Waals surface area (Å²) in [4.78, 5) is 16.1. The van der Waals surface area contributed by atoms with Gasteiger partial charge in [0.2, 0.25) is 0 Å². The Morgan fingerprint density at radius 2 is 1.90 bits per heavy atom. The summed E-state index contributed by atoms with van der Waals surface area (Å²) in [5.41, 5.74) is 3.76. The Morgan fingerprint density at radius 3 is 2.52 bits per heavy atom. The van der Waals surface area contributed by atoms with E-state index in [1.807, 2.05) is 48.7 Å². The zero-order chi connectivity index (χ0) is 15.0. The minimum Gasteiger partial charge on any atom is -0.478 e. The molecule has 2 aromatic carbocycles. The first kappa shape index (κ1) is 13.4. The first-order valence-electron chi connectivity index (χ1n) is 6.92. The molecular weight excluding hydrogens is 264 g/mol. The lowest BCUT2D eigenvalue weighted by molar-refractivity contribution is 0.0698. The summed E-state index contributed by atoms with van der Waals surface area (Å²) in [7, 11) is 0. The van der Waals surface area contributed by atoms with Gasteiger partial charge in [0.15, 0.2) is 0 Å². The number of fused-ring (bicyclic) bond motifs is 1. The number of hydrogen-bond donors (Lipinski definition) is 1. The maximum absolute atomic E-state index is 11.5. The third kappa shape index (κ3) is 2.18. The normalized spacial score (nSPS) is 11.0. The van der Waals surface area contributed by atoms with Crippen LogP contribution in [0.4, 0.5) is 0 Å². The van der Waals surface area contributed by atoms with Crippen molar-refractivity contribution < 1.29 is 9.90 Å². The van der Waals surface area contributed by atoms with Crippen molar-refractivity contribution in [3.8, 4) is 5.69 Å². The maximum atomic E-state index is 11.5. The lowest BCUT2D eigenvalue weighted by atomic mass is 10.1. The van der Waals surface area contributed by atoms with Gasteiger partial charge in [-0.25, -0.2) is 9.78 Å². The smallest absolute Gasteiger partial charge is 0.337 e. The van der Waals surface area contributed by atoms with E-state index in [0.29, 0.717) is 11.0 Å². The van der Waals surface area contributed by atoms with E-state index in [2.05, 4.69) is 4.98 Å². The topological polar surface area (TPSA) is 55.1 Å². The fourth-order valence-corrected chi connectivity index (χ4v) is 2.56. The van der Waals surface area contributed by atoms with E-state index < -0.39 is 5.97 Å². The quantitative estimate of drug-likeness (QED) is 0.797. The van der Waals surface area contributed by atoms with Crippen LogP contribution in [0.1, 0.15) is 28.7 Å². The highest BCUT2D eigenvalue weighted by atomic mass is 16.4. The van der Waals surface area contributed by atoms with Gasteiger partial charge in [0.05, 0.1) is 16.6 Å². The van der Waals surface area contributed by atoms with Gasteiger partial charge in [0.1, 0.15) is 5.82 Å². The first-order chi connectivity index (χ1) is 10.1. The average Bonchev–Trinajstić information content (AvgIpc) is 2.86. The lowest BCUT2D eigenvalue weighted by Gasteiger charge is -2.10. The number of para-hydroxylation sites is 1. The summed E-state index contributed by atoms with van der Waals surface area (Å²) in [6.07, 6.45) is 0.738. The van der Waals surface area contributed by atoms with E-state index >= 15 is 0 Å². The number of aryl methyl sites for hydroxylation is 2. The molecular formula is C17H16N2O2. The Kier molecular flexibility index (Phi) is 3.22. The molecule has 21 heavy (non-hydrogen) atoms. The molecule has 0 atom stereocenters. The molecule has 3 aromatic rings. The molecule has 0 unspecified atom stereocenters. The van der Waals surface area contributed by atoms with Crippen LogP contribution in [-0.2, 0) is 6.42 Å². The van der Waals surface area contributed by atoms with Gasteiger partial charge < -0.3 is 5.11 Å². The number of carboxylic acid groups (broad SMARTS) is 1. The van der Waals surface area contributed by atoms with E-state index in [4.69, 9.17) is 0 Å². The fraction of sp³-hybridized carbons (Fsp3) is 0.176. The van der Waals surface area contributed by atoms with Crippen LogP contribution in [0.5, 0.6) is 0 Å². The third-order valence-electron chi connectivity index (χ3n) is 3.58. The van der Waals surface area contributed by atoms with Crippen molar-refractivity contribution in [2.24, 2.45) is 0 Å². The van der Waals surface area contributed by atoms with Crippen LogP contribution in [0.3, 0.4) is 0 Å². The highest BCUT2D eigenvalue weighted by Crippen LogP contribution is 2.25. The number of hydrogen-bond acceptors (Lipinski definition) is 2. The fourth-order valence-electron chi connectivity index (χ4n) is 2.56. The number of aromatic carboxylic acids is 1. The summed E-state index contributed by atoms with van der Waals surface area (Å²) in [6.45, 7) is 4.05. The van der Waals surface area contributed by atoms with Gasteiger partial charge >= 0.3 is 5.97 Å². The zero-order valence-electron chi connectivity index (χ0n) is 12.0. The predicted octanol–water partition coefficient (Wildman–Crippen LogP) is 3.59. The SMILES string of the molecule is CCc1nc2cccc(C(=O)O)c2n1-c1ccc(C)cc1. The number of benzene rings is 2. The van der Waals surface area contributed by atoms with Crippen LogP contribution in [0.15, 0.2) is 42.5 Å². The van der Waals surface area contributed by atoms with Crippen LogP contribution >= 0.6 is 0 Å². The monoisotopic (exact) mass is 280 g/mol. The molecule has 0 radical (unpaired) electrons. The van der Waals surface area contributed by atoms with Crippen molar-refractivity contribution in [1.82, 2.24) is 9.55 Å². The molecule has 0 saturated carbocycles. The van der Waals surface area contributed by atoms with E-state index in [1.54, 1.807) is 12.1 Å². The first-order valence-corrected chi connectivity index (χ1v) is 6.92. The highest BCUT2D eigenvalue weighted by molar-refractivity contribution is 6.01. The number of aromatic nitrogens is 2. The number of nitrogens with zero attached hydrogens (tertiary/aromatic N) is 2. The summed E-state index contributed by atoms with van der Waals surface area (Å²) < 4.78 is 1.94. The summed E-state index contributed by atoms with van der Waals surface area (Å²) in [5, 5.41) is 9.44. The average molecular weight is 280 g/mol. The molecule has 0 spiro atoms. The molecule has 0 aliphatic rings. The molecule has 106 valence electrons. The van der Waals surface area contributed by atoms with Crippen LogP contribution in [0, 0.1) is 6.92 Å². The van der Waals surface area contributed by atoms with E-state index in [9.17, 15) is 9.90 Å². The van der Waals surface area contributed by atoms with Gasteiger partial charge in [-0.05, 0) is 31.2 Å². The van der Waals surface area contributed by atoms with Crippen molar-refractivity contribution >= 4 is 17.0 Å². The molecule has 4 heteroatoms. The van der Waals surface area contributed by atoms with Gasteiger partial charge in [0.25, 0.3) is 0 Å². The Bertz CT molecular complexity index is 817. The minimum absolute atomic E-state index is 0.278. The molecule has 1 heterocycles. The molecule has 0 saturated heterocycles. The van der Waals surface area contributed by atoms with E-state index in [1.165, 1.54) is 5.56 Å². The molecule has 0 aliphatic carbocycles. The van der Waals surface area contributed by atoms with Crippen LogP contribution in [0.25, 0.3) is 16.7 Å². The molecule has 3 rings (SSSR count). The Labute approximate surface area is 122 Å². The number of carboxylic acids is 1. The van der Waals surface area contributed by atoms with Crippen molar-refractivity contribution in [1.29, 1.82) is 0 Å². The minimum atomic E-state index is -0.934. The molecule has 0 fully saturated rings. The highest BCUT2D eigenvalue weighted by Gasteiger charge is 2.17. The molecule has 4 nitrogen and oxygen atoms in total. The van der Waals surface area contributed by atoms with Gasteiger partial charge in [0, 0.05) is 12.1 Å². The molecule has 0 bridgehead atoms. The lowest BCUT2D eigenvalue weighted by Crippen LogP contribution is -2.04. The van der Waals surface area contributed by atoms with Crippen molar-refractivity contribution in [2.75, 3.05) is 0 Å². The van der Waals surface area contributed by atoms with Gasteiger partial charge in [-0.15, -0.1) is 0 Å². The Balaban J connectivity index is 2.38. The molecule has 0 amide bonds. The van der Waals surface area contributed by atoms with Crippen LogP contribution in [-0.4, -0.2) is 20.6 Å². The van der Waals surface area contributed by atoms with Gasteiger partial charge in [-0.1, -0.05) is 30.7 Å². The maximum Gasteiger partial charge on any atom is 0.337 e. The number of rotatable bonds is 3. The van der Waals surface area contributed by atoms with Crippen molar-refractivity contribution in [3.63, 3.8) is 0 Å². The number of carbonyl (C=O) groups is 1. The summed E-state index contributed by atoms with van der Waals surface area (Å²) in [5.74, 6) is -0.0703. The van der Waals surface area contributed by atoms with Gasteiger partial charge in [-0.2, -0.15) is 0 Å². The Morgan fingerprint density at radius 1 is 1.19 bits per heavy atom.